The van der Waals surface area contributed by atoms with Gasteiger partial charge in [0.25, 0.3) is 5.69 Å². The van der Waals surface area contributed by atoms with Crippen LogP contribution in [0.4, 0.5) is 5.69 Å². The Balaban J connectivity index is 2.42. The van der Waals surface area contributed by atoms with E-state index in [2.05, 4.69) is 22.0 Å². The van der Waals surface area contributed by atoms with E-state index in [1.54, 1.807) is 31.2 Å². The first-order valence-corrected chi connectivity index (χ1v) is 7.19. The van der Waals surface area contributed by atoms with Gasteiger partial charge in [-0.25, -0.2) is 0 Å². The number of rotatable bonds is 4. The molecule has 0 aromatic heterocycles. The molecule has 0 bridgehead atoms. The fourth-order valence-electron chi connectivity index (χ4n) is 1.87. The molecule has 0 radical (unpaired) electrons. The fraction of sp³-hybridized carbons (Fsp3) is 0.133. The maximum atomic E-state index is 10.9. The topological polar surface area (TPSA) is 76.2 Å². The molecule has 0 aliphatic carbocycles. The van der Waals surface area contributed by atoms with Crippen molar-refractivity contribution in [2.24, 2.45) is 0 Å². The van der Waals surface area contributed by atoms with Crippen molar-refractivity contribution in [3.05, 3.63) is 63.2 Å². The van der Waals surface area contributed by atoms with E-state index >= 15 is 0 Å². The van der Waals surface area contributed by atoms with Gasteiger partial charge in [0.1, 0.15) is 17.6 Å². The van der Waals surface area contributed by atoms with Gasteiger partial charge >= 0.3 is 0 Å². The van der Waals surface area contributed by atoms with Crippen LogP contribution in [0.15, 0.2) is 36.4 Å². The van der Waals surface area contributed by atoms with Crippen molar-refractivity contribution in [3.8, 4) is 17.6 Å². The third-order valence-electron chi connectivity index (χ3n) is 2.99. The number of halogens is 1. The molecule has 0 atom stereocenters. The Morgan fingerprint density at radius 1 is 1.33 bits per heavy atom. The highest BCUT2D eigenvalue weighted by molar-refractivity contribution is 9.08. The maximum absolute atomic E-state index is 10.9. The summed E-state index contributed by atoms with van der Waals surface area (Å²) in [7, 11) is 0. The van der Waals surface area contributed by atoms with Crippen LogP contribution in [0.25, 0.3) is 0 Å². The lowest BCUT2D eigenvalue weighted by atomic mass is 10.1. The van der Waals surface area contributed by atoms with Crippen LogP contribution in [0.2, 0.25) is 0 Å². The molecule has 0 saturated heterocycles. The second-order valence-corrected chi connectivity index (χ2v) is 4.90. The Bertz CT molecular complexity index is 738. The Morgan fingerprint density at radius 3 is 2.71 bits per heavy atom. The van der Waals surface area contributed by atoms with E-state index in [4.69, 9.17) is 4.74 Å². The molecule has 0 fully saturated rings. The van der Waals surface area contributed by atoms with Crippen LogP contribution < -0.4 is 4.74 Å². The summed E-state index contributed by atoms with van der Waals surface area (Å²) in [6.07, 6.45) is 0. The molecule has 0 spiro atoms. The third kappa shape index (κ3) is 3.20. The second kappa shape index (κ2) is 6.37. The van der Waals surface area contributed by atoms with Crippen LogP contribution >= 0.6 is 15.9 Å². The van der Waals surface area contributed by atoms with Crippen LogP contribution in [0.1, 0.15) is 16.7 Å². The van der Waals surface area contributed by atoms with Crippen molar-refractivity contribution in [2.45, 2.75) is 12.3 Å². The zero-order chi connectivity index (χ0) is 15.4. The van der Waals surface area contributed by atoms with Crippen LogP contribution in [0.5, 0.6) is 11.5 Å². The van der Waals surface area contributed by atoms with Crippen LogP contribution in [0.3, 0.4) is 0 Å². The van der Waals surface area contributed by atoms with E-state index in [0.717, 1.165) is 5.56 Å². The molecule has 2 aromatic carbocycles. The largest absolute Gasteiger partial charge is 0.455 e. The van der Waals surface area contributed by atoms with Crippen molar-refractivity contribution < 1.29 is 9.66 Å². The van der Waals surface area contributed by atoms with E-state index in [0.29, 0.717) is 28.0 Å². The third-order valence-corrected chi connectivity index (χ3v) is 3.64. The summed E-state index contributed by atoms with van der Waals surface area (Å²) in [6.45, 7) is 1.62. The first-order chi connectivity index (χ1) is 10.1. The SMILES string of the molecule is Cc1c(Oc2ccc(CBr)cc2C#N)cccc1[N+](=O)[O-]. The molecule has 0 saturated carbocycles. The number of hydrogen-bond acceptors (Lipinski definition) is 4. The molecule has 2 rings (SSSR count). The van der Waals surface area contributed by atoms with Gasteiger partial charge in [0.05, 0.1) is 16.1 Å². The number of ether oxygens (including phenoxy) is 1. The van der Waals surface area contributed by atoms with E-state index < -0.39 is 4.92 Å². The summed E-state index contributed by atoms with van der Waals surface area (Å²) in [6, 6.07) is 11.9. The molecule has 0 aliphatic rings. The average Bonchev–Trinajstić information content (AvgIpc) is 2.49. The lowest BCUT2D eigenvalue weighted by Crippen LogP contribution is -1.96. The smallest absolute Gasteiger partial charge is 0.276 e. The first-order valence-electron chi connectivity index (χ1n) is 6.07. The lowest BCUT2D eigenvalue weighted by Gasteiger charge is -2.10. The van der Waals surface area contributed by atoms with Gasteiger partial charge in [-0.1, -0.05) is 28.1 Å². The Labute approximate surface area is 130 Å². The summed E-state index contributed by atoms with van der Waals surface area (Å²) in [5.74, 6) is 0.748. The highest BCUT2D eigenvalue weighted by Gasteiger charge is 2.15. The predicted molar refractivity (Wildman–Crippen MR) is 81.7 cm³/mol. The van der Waals surface area contributed by atoms with Gasteiger partial charge < -0.3 is 4.74 Å². The second-order valence-electron chi connectivity index (χ2n) is 4.34. The molecule has 2 aromatic rings. The van der Waals surface area contributed by atoms with E-state index in [1.165, 1.54) is 6.07 Å². The number of benzene rings is 2. The highest BCUT2D eigenvalue weighted by Crippen LogP contribution is 2.32. The number of nitriles is 1. The number of nitro benzene ring substituents is 1. The molecule has 0 N–H and O–H groups in total. The van der Waals surface area contributed by atoms with Crippen molar-refractivity contribution in [2.75, 3.05) is 0 Å². The van der Waals surface area contributed by atoms with Crippen LogP contribution in [-0.2, 0) is 5.33 Å². The van der Waals surface area contributed by atoms with Crippen molar-refractivity contribution >= 4 is 21.6 Å². The average molecular weight is 347 g/mol. The number of hydrogen-bond donors (Lipinski definition) is 0. The molecule has 5 nitrogen and oxygen atoms in total. The van der Waals surface area contributed by atoms with Gasteiger partial charge in [-0.15, -0.1) is 0 Å². The minimum atomic E-state index is -0.457. The molecular weight excluding hydrogens is 336 g/mol. The summed E-state index contributed by atoms with van der Waals surface area (Å²) in [5, 5.41) is 20.7. The minimum absolute atomic E-state index is 0.0110. The van der Waals surface area contributed by atoms with Crippen molar-refractivity contribution in [3.63, 3.8) is 0 Å². The van der Waals surface area contributed by atoms with Gasteiger partial charge in [0.2, 0.25) is 0 Å². The van der Waals surface area contributed by atoms with Crippen LogP contribution in [-0.4, -0.2) is 4.92 Å². The zero-order valence-electron chi connectivity index (χ0n) is 11.2. The number of nitro groups is 1. The summed E-state index contributed by atoms with van der Waals surface area (Å²) in [4.78, 5) is 10.5. The molecular formula is C15H11BrN2O3. The maximum Gasteiger partial charge on any atom is 0.276 e. The van der Waals surface area contributed by atoms with Gasteiger partial charge in [0.15, 0.2) is 0 Å². The molecule has 0 aliphatic heterocycles. The number of alkyl halides is 1. The zero-order valence-corrected chi connectivity index (χ0v) is 12.8. The van der Waals surface area contributed by atoms with Gasteiger partial charge in [-0.2, -0.15) is 5.26 Å². The van der Waals surface area contributed by atoms with Gasteiger partial charge in [-0.05, 0) is 30.7 Å². The minimum Gasteiger partial charge on any atom is -0.455 e. The summed E-state index contributed by atoms with van der Waals surface area (Å²) in [5.41, 5.74) is 1.76. The molecule has 6 heteroatoms. The highest BCUT2D eigenvalue weighted by atomic mass is 79.9. The van der Waals surface area contributed by atoms with Gasteiger partial charge in [0, 0.05) is 11.4 Å². The Morgan fingerprint density at radius 2 is 2.10 bits per heavy atom. The van der Waals surface area contributed by atoms with E-state index in [1.807, 2.05) is 6.07 Å². The molecule has 0 unspecified atom stereocenters. The molecule has 0 heterocycles. The Hall–Kier alpha value is -2.39. The quantitative estimate of drug-likeness (QED) is 0.465. The van der Waals surface area contributed by atoms with Gasteiger partial charge in [-0.3, -0.25) is 10.1 Å². The van der Waals surface area contributed by atoms with Crippen molar-refractivity contribution in [1.29, 1.82) is 5.26 Å². The Kier molecular flexibility index (Phi) is 4.55. The normalized spacial score (nSPS) is 9.95. The summed E-state index contributed by atoms with van der Waals surface area (Å²) < 4.78 is 5.68. The van der Waals surface area contributed by atoms with E-state index in [-0.39, 0.29) is 5.69 Å². The van der Waals surface area contributed by atoms with E-state index in [9.17, 15) is 15.4 Å². The molecule has 0 amide bonds. The van der Waals surface area contributed by atoms with Crippen molar-refractivity contribution in [1.82, 2.24) is 0 Å². The lowest BCUT2D eigenvalue weighted by molar-refractivity contribution is -0.385. The number of nitrogens with zero attached hydrogens (tertiary/aromatic N) is 2. The monoisotopic (exact) mass is 346 g/mol. The predicted octanol–water partition coefficient (Wildman–Crippen LogP) is 4.46. The standard InChI is InChI=1S/C15H11BrN2O3/c1-10-13(18(19)20)3-2-4-14(10)21-15-6-5-11(8-16)7-12(15)9-17/h2-7H,8H2,1H3. The fourth-order valence-corrected chi connectivity index (χ4v) is 2.22. The molecule has 106 valence electrons. The first kappa shape index (κ1) is 15.0. The molecule has 21 heavy (non-hydrogen) atoms. The summed E-state index contributed by atoms with van der Waals surface area (Å²) >= 11 is 3.32. The van der Waals surface area contributed by atoms with Crippen LogP contribution in [0, 0.1) is 28.4 Å².